The molecule has 144 valence electrons. The van der Waals surface area contributed by atoms with Gasteiger partial charge in [0.15, 0.2) is 0 Å². The van der Waals surface area contributed by atoms with Crippen LogP contribution in [0, 0.1) is 9.49 Å². The summed E-state index contributed by atoms with van der Waals surface area (Å²) in [6.45, 7) is -1.62. The minimum atomic E-state index is -5.66. The van der Waals surface area contributed by atoms with Crippen molar-refractivity contribution in [3.8, 4) is 5.75 Å². The van der Waals surface area contributed by atoms with Crippen LogP contribution < -0.4 is 10.1 Å². The average Bonchev–Trinajstić information content (AvgIpc) is 3.06. The molecule has 1 fully saturated rings. The number of esters is 1. The van der Waals surface area contributed by atoms with E-state index in [4.69, 9.17) is 9.29 Å². The van der Waals surface area contributed by atoms with E-state index in [1.165, 1.54) is 18.2 Å². The Morgan fingerprint density at radius 1 is 1.31 bits per heavy atom. The fraction of sp³-hybridized carbons (Fsp3) is 0.467. The molecule has 1 aromatic carbocycles. The molecule has 1 aliphatic carbocycles. The van der Waals surface area contributed by atoms with Crippen molar-refractivity contribution in [2.75, 3.05) is 6.54 Å². The molecule has 0 aromatic heterocycles. The van der Waals surface area contributed by atoms with Crippen LogP contribution in [-0.2, 0) is 14.9 Å². The highest BCUT2D eigenvalue weighted by Gasteiger charge is 2.44. The normalized spacial score (nSPS) is 15.7. The summed E-state index contributed by atoms with van der Waals surface area (Å²) < 4.78 is 62.1. The van der Waals surface area contributed by atoms with E-state index in [0.29, 0.717) is 16.4 Å². The summed E-state index contributed by atoms with van der Waals surface area (Å²) in [5, 5.41) is -2.81. The minimum Gasteiger partial charge on any atom is -0.425 e. The Hall–Kier alpha value is -1.34. The lowest BCUT2D eigenvalue weighted by atomic mass is 10.1. The lowest BCUT2D eigenvalue weighted by molar-refractivity contribution is -0.138. The van der Waals surface area contributed by atoms with Gasteiger partial charge in [-0.1, -0.05) is 12.8 Å². The first-order chi connectivity index (χ1) is 12.0. The third kappa shape index (κ3) is 5.10. The van der Waals surface area contributed by atoms with Crippen LogP contribution in [0.3, 0.4) is 0 Å². The van der Waals surface area contributed by atoms with Gasteiger partial charge in [-0.15, -0.1) is 0 Å². The summed E-state index contributed by atoms with van der Waals surface area (Å²) in [7, 11) is -5.66. The zero-order valence-electron chi connectivity index (χ0n) is 13.4. The van der Waals surface area contributed by atoms with E-state index in [-0.39, 0.29) is 17.2 Å². The van der Waals surface area contributed by atoms with E-state index in [1.807, 2.05) is 22.6 Å². The first-order valence-electron chi connectivity index (χ1n) is 7.65. The van der Waals surface area contributed by atoms with E-state index in [0.717, 1.165) is 12.8 Å². The molecule has 1 aliphatic rings. The summed E-state index contributed by atoms with van der Waals surface area (Å²) in [4.78, 5) is 24.3. The number of benzene rings is 1. The Bertz CT molecular complexity index is 808. The van der Waals surface area contributed by atoms with Crippen molar-refractivity contribution in [1.82, 2.24) is 5.32 Å². The quantitative estimate of drug-likeness (QED) is 0.268. The first-order valence-corrected chi connectivity index (χ1v) is 10.2. The van der Waals surface area contributed by atoms with Crippen LogP contribution in [0.5, 0.6) is 5.75 Å². The van der Waals surface area contributed by atoms with Crippen LogP contribution in [0.25, 0.3) is 0 Å². The van der Waals surface area contributed by atoms with Crippen LogP contribution in [0.4, 0.5) is 8.78 Å². The van der Waals surface area contributed by atoms with Gasteiger partial charge < -0.3 is 10.1 Å². The highest BCUT2D eigenvalue weighted by Crippen LogP contribution is 2.29. The Balaban J connectivity index is 2.15. The molecule has 0 saturated heterocycles. The molecular weight excluding hydrogens is 487 g/mol. The Morgan fingerprint density at radius 2 is 1.92 bits per heavy atom. The number of nitrogens with one attached hydrogen (secondary N) is 1. The smallest absolute Gasteiger partial charge is 0.386 e. The van der Waals surface area contributed by atoms with E-state index >= 15 is 0 Å². The van der Waals surface area contributed by atoms with Crippen molar-refractivity contribution in [3.63, 3.8) is 0 Å². The molecule has 26 heavy (non-hydrogen) atoms. The second-order valence-electron chi connectivity index (χ2n) is 5.84. The highest BCUT2D eigenvalue weighted by atomic mass is 127. The molecular formula is C15H16F2INO6S. The molecule has 1 amide bonds. The molecule has 1 aromatic rings. The molecule has 0 radical (unpaired) electrons. The molecule has 0 spiro atoms. The number of carbonyl (C=O) groups excluding carboxylic acids is 2. The molecule has 11 heteroatoms. The van der Waals surface area contributed by atoms with E-state index in [2.05, 4.69) is 0 Å². The third-order valence-electron chi connectivity index (χ3n) is 3.92. The Labute approximate surface area is 162 Å². The maximum atomic E-state index is 13.2. The van der Waals surface area contributed by atoms with Gasteiger partial charge in [-0.2, -0.15) is 17.2 Å². The van der Waals surface area contributed by atoms with Crippen molar-refractivity contribution >= 4 is 44.6 Å². The van der Waals surface area contributed by atoms with Gasteiger partial charge in [-0.25, -0.2) is 0 Å². The van der Waals surface area contributed by atoms with Gasteiger partial charge in [-0.05, 0) is 53.6 Å². The number of alkyl halides is 2. The van der Waals surface area contributed by atoms with Gasteiger partial charge in [-0.3, -0.25) is 14.1 Å². The maximum Gasteiger partial charge on any atom is 0.386 e. The highest BCUT2D eigenvalue weighted by molar-refractivity contribution is 14.1. The largest absolute Gasteiger partial charge is 0.425 e. The lowest BCUT2D eigenvalue weighted by Gasteiger charge is -2.16. The number of halogens is 3. The average molecular weight is 503 g/mol. The Kier molecular flexibility index (Phi) is 6.55. The van der Waals surface area contributed by atoms with Gasteiger partial charge in [0.2, 0.25) is 0 Å². The topological polar surface area (TPSA) is 110 Å². The Morgan fingerprint density at radius 3 is 2.50 bits per heavy atom. The van der Waals surface area contributed by atoms with Crippen molar-refractivity contribution < 1.29 is 36.1 Å². The summed E-state index contributed by atoms with van der Waals surface area (Å²) in [6, 6.07) is 4.19. The summed E-state index contributed by atoms with van der Waals surface area (Å²) in [5.41, 5.74) is -0.192. The standard InChI is InChI=1S/C15H16F2INO6S/c16-15(17,26(22,23)24)8-19-13(20)11-6-5-10(18)7-12(11)25-14(21)9-3-1-2-4-9/h5-7,9H,1-4,8H2,(H,19,20)(H,22,23,24). The summed E-state index contributed by atoms with van der Waals surface area (Å²) >= 11 is 1.93. The van der Waals surface area contributed by atoms with Gasteiger partial charge in [0.1, 0.15) is 5.75 Å². The van der Waals surface area contributed by atoms with Crippen molar-refractivity contribution in [2.45, 2.75) is 30.9 Å². The molecule has 0 bridgehead atoms. The van der Waals surface area contributed by atoms with Gasteiger partial charge in [0.25, 0.3) is 5.91 Å². The van der Waals surface area contributed by atoms with Crippen molar-refractivity contribution in [1.29, 1.82) is 0 Å². The second-order valence-corrected chi connectivity index (χ2v) is 8.63. The van der Waals surface area contributed by atoms with Crippen molar-refractivity contribution in [2.24, 2.45) is 5.92 Å². The number of hydrogen-bond donors (Lipinski definition) is 2. The summed E-state index contributed by atoms with van der Waals surface area (Å²) in [6.07, 6.45) is 3.18. The fourth-order valence-electron chi connectivity index (χ4n) is 2.49. The number of carbonyl (C=O) groups is 2. The first kappa shape index (κ1) is 21.0. The number of hydrogen-bond acceptors (Lipinski definition) is 5. The van der Waals surface area contributed by atoms with Crippen LogP contribution in [-0.4, -0.2) is 36.6 Å². The van der Waals surface area contributed by atoms with Crippen LogP contribution in [0.1, 0.15) is 36.0 Å². The number of rotatable bonds is 6. The maximum absolute atomic E-state index is 13.2. The predicted octanol–water partition coefficient (Wildman–Crippen LogP) is 2.60. The zero-order chi connectivity index (χ0) is 19.5. The summed E-state index contributed by atoms with van der Waals surface area (Å²) in [5.74, 6) is -1.92. The molecule has 0 heterocycles. The number of ether oxygens (including phenoxy) is 1. The van der Waals surface area contributed by atoms with Gasteiger partial charge in [0, 0.05) is 3.57 Å². The second kappa shape index (κ2) is 8.13. The van der Waals surface area contributed by atoms with Crippen LogP contribution in [0.15, 0.2) is 18.2 Å². The van der Waals surface area contributed by atoms with Crippen LogP contribution >= 0.6 is 22.6 Å². The zero-order valence-corrected chi connectivity index (χ0v) is 16.3. The third-order valence-corrected chi connectivity index (χ3v) is 5.49. The molecule has 7 nitrogen and oxygen atoms in total. The minimum absolute atomic E-state index is 0.0959. The van der Waals surface area contributed by atoms with E-state index < -0.39 is 33.8 Å². The van der Waals surface area contributed by atoms with Gasteiger partial charge in [0.05, 0.1) is 18.0 Å². The SMILES string of the molecule is O=C(NCC(F)(F)S(=O)(=O)O)c1ccc(I)cc1OC(=O)C1CCCC1. The monoisotopic (exact) mass is 503 g/mol. The lowest BCUT2D eigenvalue weighted by Crippen LogP contribution is -2.42. The molecule has 2 N–H and O–H groups in total. The predicted molar refractivity (Wildman–Crippen MR) is 95.6 cm³/mol. The fourth-order valence-corrected chi connectivity index (χ4v) is 3.21. The molecule has 0 atom stereocenters. The van der Waals surface area contributed by atoms with E-state index in [9.17, 15) is 26.8 Å². The molecule has 1 saturated carbocycles. The molecule has 0 unspecified atom stereocenters. The molecule has 0 aliphatic heterocycles. The molecule has 2 rings (SSSR count). The van der Waals surface area contributed by atoms with Crippen molar-refractivity contribution in [3.05, 3.63) is 27.3 Å². The van der Waals surface area contributed by atoms with Gasteiger partial charge >= 0.3 is 21.3 Å². The number of amides is 1. The van der Waals surface area contributed by atoms with Crippen LogP contribution in [0.2, 0.25) is 0 Å². The van der Waals surface area contributed by atoms with E-state index in [1.54, 1.807) is 5.32 Å².